The molecule has 0 aliphatic rings. The highest BCUT2D eigenvalue weighted by molar-refractivity contribution is 5.94. The second-order valence-electron chi connectivity index (χ2n) is 3.25. The summed E-state index contributed by atoms with van der Waals surface area (Å²) in [6.07, 6.45) is 4.77. The summed E-state index contributed by atoms with van der Waals surface area (Å²) in [5.74, 6) is -0.229. The second kappa shape index (κ2) is 5.87. The highest BCUT2D eigenvalue weighted by Crippen LogP contribution is 1.94. The van der Waals surface area contributed by atoms with Crippen molar-refractivity contribution in [1.82, 2.24) is 15.3 Å². The zero-order valence-electron chi connectivity index (χ0n) is 8.84. The topological polar surface area (TPSA) is 57.6 Å². The quantitative estimate of drug-likeness (QED) is 0.571. The number of hydrazone groups is 1. The van der Waals surface area contributed by atoms with E-state index in [1.54, 1.807) is 30.7 Å². The van der Waals surface area contributed by atoms with Crippen molar-refractivity contribution in [2.45, 2.75) is 0 Å². The molecule has 0 atom stereocenters. The van der Waals surface area contributed by atoms with Crippen LogP contribution in [-0.2, 0) is 0 Å². The number of hydrogen-bond acceptors (Lipinski definition) is 4. The largest absolute Gasteiger partial charge is 0.304 e. The third-order valence-corrected chi connectivity index (χ3v) is 1.65. The Morgan fingerprint density at radius 3 is 2.80 bits per heavy atom. The predicted octanol–water partition coefficient (Wildman–Crippen LogP) is 0.359. The second-order valence-corrected chi connectivity index (χ2v) is 3.25. The SMILES string of the molecule is CN(C)CC=NNC(=O)c1ccncc1. The van der Waals surface area contributed by atoms with Crippen LogP contribution in [0.5, 0.6) is 0 Å². The lowest BCUT2D eigenvalue weighted by Crippen LogP contribution is -2.20. The highest BCUT2D eigenvalue weighted by atomic mass is 16.2. The minimum atomic E-state index is -0.229. The van der Waals surface area contributed by atoms with E-state index in [9.17, 15) is 4.79 Å². The summed E-state index contributed by atoms with van der Waals surface area (Å²) >= 11 is 0. The molecule has 1 aromatic rings. The van der Waals surface area contributed by atoms with Crippen molar-refractivity contribution in [3.05, 3.63) is 30.1 Å². The first-order chi connectivity index (χ1) is 7.20. The van der Waals surface area contributed by atoms with Gasteiger partial charge >= 0.3 is 0 Å². The molecule has 0 aromatic carbocycles. The summed E-state index contributed by atoms with van der Waals surface area (Å²) in [4.78, 5) is 17.2. The summed E-state index contributed by atoms with van der Waals surface area (Å²) in [7, 11) is 3.85. The molecule has 0 fully saturated rings. The van der Waals surface area contributed by atoms with Crippen LogP contribution in [0.3, 0.4) is 0 Å². The molecule has 80 valence electrons. The summed E-state index contributed by atoms with van der Waals surface area (Å²) < 4.78 is 0. The summed E-state index contributed by atoms with van der Waals surface area (Å²) in [6, 6.07) is 3.27. The average molecular weight is 206 g/mol. The maximum atomic E-state index is 11.4. The normalized spacial score (nSPS) is 10.9. The molecule has 0 spiro atoms. The Morgan fingerprint density at radius 1 is 1.53 bits per heavy atom. The van der Waals surface area contributed by atoms with Crippen LogP contribution < -0.4 is 5.43 Å². The van der Waals surface area contributed by atoms with Crippen LogP contribution in [0, 0.1) is 0 Å². The first kappa shape index (κ1) is 11.3. The number of amides is 1. The van der Waals surface area contributed by atoms with Gasteiger partial charge in [0, 0.05) is 30.7 Å². The van der Waals surface area contributed by atoms with Crippen LogP contribution in [0.2, 0.25) is 0 Å². The number of aromatic nitrogens is 1. The minimum Gasteiger partial charge on any atom is -0.304 e. The Balaban J connectivity index is 2.40. The van der Waals surface area contributed by atoms with E-state index in [2.05, 4.69) is 15.5 Å². The molecule has 15 heavy (non-hydrogen) atoms. The fourth-order valence-corrected chi connectivity index (χ4v) is 0.876. The monoisotopic (exact) mass is 206 g/mol. The van der Waals surface area contributed by atoms with E-state index >= 15 is 0 Å². The predicted molar refractivity (Wildman–Crippen MR) is 58.7 cm³/mol. The molecule has 0 saturated heterocycles. The van der Waals surface area contributed by atoms with E-state index in [4.69, 9.17) is 0 Å². The van der Waals surface area contributed by atoms with Crippen molar-refractivity contribution in [2.75, 3.05) is 20.6 Å². The Morgan fingerprint density at radius 2 is 2.20 bits per heavy atom. The molecule has 0 saturated carbocycles. The lowest BCUT2D eigenvalue weighted by Gasteiger charge is -2.03. The van der Waals surface area contributed by atoms with Gasteiger partial charge in [0.25, 0.3) is 5.91 Å². The van der Waals surface area contributed by atoms with Crippen molar-refractivity contribution in [3.8, 4) is 0 Å². The first-order valence-corrected chi connectivity index (χ1v) is 4.57. The van der Waals surface area contributed by atoms with Crippen LogP contribution in [0.15, 0.2) is 29.6 Å². The van der Waals surface area contributed by atoms with E-state index in [1.807, 2.05) is 19.0 Å². The summed E-state index contributed by atoms with van der Waals surface area (Å²) in [6.45, 7) is 0.691. The Kier molecular flexibility index (Phi) is 4.43. The standard InChI is InChI=1S/C10H14N4O/c1-14(2)8-7-12-13-10(15)9-3-5-11-6-4-9/h3-7H,8H2,1-2H3,(H,13,15). The van der Waals surface area contributed by atoms with Crippen LogP contribution in [0.25, 0.3) is 0 Å². The average Bonchev–Trinajstić information content (AvgIpc) is 2.25. The maximum Gasteiger partial charge on any atom is 0.271 e. The van der Waals surface area contributed by atoms with Gasteiger partial charge in [-0.1, -0.05) is 0 Å². The molecule has 0 aliphatic heterocycles. The molecule has 1 aromatic heterocycles. The molecule has 1 heterocycles. The molecule has 5 heteroatoms. The van der Waals surface area contributed by atoms with Gasteiger partial charge < -0.3 is 4.90 Å². The number of nitrogens with one attached hydrogen (secondary N) is 1. The summed E-state index contributed by atoms with van der Waals surface area (Å²) in [5.41, 5.74) is 2.98. The number of carbonyl (C=O) groups is 1. The maximum absolute atomic E-state index is 11.4. The lowest BCUT2D eigenvalue weighted by molar-refractivity contribution is 0.0955. The zero-order valence-corrected chi connectivity index (χ0v) is 8.84. The molecular formula is C10H14N4O. The molecular weight excluding hydrogens is 192 g/mol. The van der Waals surface area contributed by atoms with Gasteiger partial charge in [-0.3, -0.25) is 9.78 Å². The summed E-state index contributed by atoms with van der Waals surface area (Å²) in [5, 5.41) is 3.80. The number of nitrogens with zero attached hydrogens (tertiary/aromatic N) is 3. The van der Waals surface area contributed by atoms with Gasteiger partial charge in [0.15, 0.2) is 0 Å². The fourth-order valence-electron chi connectivity index (χ4n) is 0.876. The smallest absolute Gasteiger partial charge is 0.271 e. The fraction of sp³-hybridized carbons (Fsp3) is 0.300. The van der Waals surface area contributed by atoms with Crippen molar-refractivity contribution in [3.63, 3.8) is 0 Å². The van der Waals surface area contributed by atoms with Crippen molar-refractivity contribution < 1.29 is 4.79 Å². The molecule has 1 amide bonds. The molecule has 1 N–H and O–H groups in total. The van der Waals surface area contributed by atoms with Gasteiger partial charge in [-0.25, -0.2) is 5.43 Å². The Bertz CT molecular complexity index is 335. The van der Waals surface area contributed by atoms with E-state index in [0.717, 1.165) is 0 Å². The van der Waals surface area contributed by atoms with Crippen LogP contribution in [0.1, 0.15) is 10.4 Å². The van der Waals surface area contributed by atoms with Crippen LogP contribution >= 0.6 is 0 Å². The van der Waals surface area contributed by atoms with Gasteiger partial charge in [-0.15, -0.1) is 0 Å². The molecule has 0 unspecified atom stereocenters. The molecule has 0 aliphatic carbocycles. The lowest BCUT2D eigenvalue weighted by atomic mass is 10.3. The van der Waals surface area contributed by atoms with Gasteiger partial charge in [-0.2, -0.15) is 5.10 Å². The van der Waals surface area contributed by atoms with Gasteiger partial charge in [-0.05, 0) is 26.2 Å². The van der Waals surface area contributed by atoms with E-state index in [1.165, 1.54) is 0 Å². The molecule has 0 bridgehead atoms. The highest BCUT2D eigenvalue weighted by Gasteiger charge is 2.01. The number of rotatable bonds is 4. The Labute approximate surface area is 88.8 Å². The van der Waals surface area contributed by atoms with Crippen molar-refractivity contribution in [2.24, 2.45) is 5.10 Å². The Hall–Kier alpha value is -1.75. The van der Waals surface area contributed by atoms with Crippen molar-refractivity contribution in [1.29, 1.82) is 0 Å². The van der Waals surface area contributed by atoms with Gasteiger partial charge in [0.05, 0.1) is 0 Å². The van der Waals surface area contributed by atoms with Crippen LogP contribution in [-0.4, -0.2) is 42.6 Å². The van der Waals surface area contributed by atoms with E-state index < -0.39 is 0 Å². The third-order valence-electron chi connectivity index (χ3n) is 1.65. The number of hydrogen-bond donors (Lipinski definition) is 1. The van der Waals surface area contributed by atoms with Crippen LogP contribution in [0.4, 0.5) is 0 Å². The molecule has 5 nitrogen and oxygen atoms in total. The number of carbonyl (C=O) groups excluding carboxylic acids is 1. The zero-order chi connectivity index (χ0) is 11.1. The molecule has 0 radical (unpaired) electrons. The first-order valence-electron chi connectivity index (χ1n) is 4.57. The van der Waals surface area contributed by atoms with Gasteiger partial charge in [0.2, 0.25) is 0 Å². The minimum absolute atomic E-state index is 0.229. The molecule has 1 rings (SSSR count). The number of pyridine rings is 1. The van der Waals surface area contributed by atoms with Gasteiger partial charge in [0.1, 0.15) is 0 Å². The van der Waals surface area contributed by atoms with Crippen molar-refractivity contribution >= 4 is 12.1 Å². The third kappa shape index (κ3) is 4.33. The van der Waals surface area contributed by atoms with E-state index in [0.29, 0.717) is 12.1 Å². The van der Waals surface area contributed by atoms with E-state index in [-0.39, 0.29) is 5.91 Å².